The van der Waals surface area contributed by atoms with Gasteiger partial charge in [-0.05, 0) is 38.0 Å². The molecular weight excluding hydrogens is 415 g/mol. The highest BCUT2D eigenvalue weighted by Crippen LogP contribution is 2.23. The number of carboxylic acid groups (broad SMARTS) is 1. The van der Waals surface area contributed by atoms with Crippen molar-refractivity contribution < 1.29 is 23.5 Å². The van der Waals surface area contributed by atoms with Gasteiger partial charge >= 0.3 is 5.97 Å². The zero-order valence-electron chi connectivity index (χ0n) is 15.9. The minimum absolute atomic E-state index is 0.0843. The van der Waals surface area contributed by atoms with Crippen molar-refractivity contribution in [3.63, 3.8) is 0 Å². The molecule has 6 nitrogen and oxygen atoms in total. The first kappa shape index (κ1) is 24.3. The summed E-state index contributed by atoms with van der Waals surface area (Å²) in [6, 6.07) is 5.58. The minimum atomic E-state index is -2.85. The second-order valence-electron chi connectivity index (χ2n) is 6.26. The molecule has 0 aliphatic rings. The van der Waals surface area contributed by atoms with Gasteiger partial charge < -0.3 is 15.4 Å². The second-order valence-corrected chi connectivity index (χ2v) is 7.10. The molecule has 0 saturated heterocycles. The van der Waals surface area contributed by atoms with Crippen molar-refractivity contribution in [1.29, 1.82) is 0 Å². The largest absolute Gasteiger partial charge is 0.531 e. The Bertz CT molecular complexity index is 785. The van der Waals surface area contributed by atoms with E-state index < -0.39 is 23.7 Å². The van der Waals surface area contributed by atoms with Crippen LogP contribution in [-0.4, -0.2) is 33.0 Å². The highest BCUT2D eigenvalue weighted by atomic mass is 35.5. The fraction of sp³-hybridized carbons (Fsp3) is 0.444. The first-order chi connectivity index (χ1) is 13.0. The molecule has 1 N–H and O–H groups in total. The van der Waals surface area contributed by atoms with Crippen LogP contribution < -0.4 is 0 Å². The normalized spacial score (nSPS) is 12.1. The van der Waals surface area contributed by atoms with Gasteiger partial charge in [0, 0.05) is 29.4 Å². The molecule has 0 spiro atoms. The van der Waals surface area contributed by atoms with Crippen LogP contribution in [0.5, 0.6) is 0 Å². The van der Waals surface area contributed by atoms with Gasteiger partial charge in [0.05, 0.1) is 0 Å². The highest BCUT2D eigenvalue weighted by molar-refractivity contribution is 6.35. The van der Waals surface area contributed by atoms with Crippen LogP contribution in [0.2, 0.25) is 10.0 Å². The van der Waals surface area contributed by atoms with Crippen LogP contribution in [0.15, 0.2) is 24.4 Å². The van der Waals surface area contributed by atoms with Crippen molar-refractivity contribution in [1.82, 2.24) is 9.78 Å². The summed E-state index contributed by atoms with van der Waals surface area (Å²) >= 11 is 11.9. The molecule has 1 atom stereocenters. The number of aryl methyl sites for hydroxylation is 1. The standard InChI is InChI=1S/C12H16Cl2NO.C6H6F2N2O2/c1-8(2)16-15-9(3)6-10-4-5-11(13)7-12(10)14;1-10-2-3(6(11)12)4(9-10)5(7)8/h4-5,7-9H,6H2,1-3H3;2,5H,1H3,(H,11,12)/q-1;. The molecule has 10 heteroatoms. The maximum atomic E-state index is 12.1. The molecule has 2 rings (SSSR count). The number of hydroxylamine groups is 1. The maximum absolute atomic E-state index is 12.1. The monoisotopic (exact) mass is 436 g/mol. The van der Waals surface area contributed by atoms with Crippen molar-refractivity contribution in [2.45, 2.75) is 45.8 Å². The number of carboxylic acids is 1. The number of rotatable bonds is 7. The quantitative estimate of drug-likeness (QED) is 0.564. The fourth-order valence-electron chi connectivity index (χ4n) is 2.10. The molecule has 0 radical (unpaired) electrons. The Hall–Kier alpha value is -1.74. The zero-order chi connectivity index (χ0) is 21.4. The number of hydrogen-bond donors (Lipinski definition) is 1. The smallest absolute Gasteiger partial charge is 0.339 e. The molecule has 0 amide bonds. The Labute approximate surface area is 172 Å². The number of nitrogens with zero attached hydrogens (tertiary/aromatic N) is 3. The summed E-state index contributed by atoms with van der Waals surface area (Å²) in [5, 5.41) is 13.1. The molecular formula is C18H22Cl2F2N3O3-. The number of aromatic nitrogens is 2. The van der Waals surface area contributed by atoms with Gasteiger partial charge in [-0.15, -0.1) is 6.04 Å². The van der Waals surface area contributed by atoms with Gasteiger partial charge in [-0.2, -0.15) is 5.10 Å². The van der Waals surface area contributed by atoms with Crippen LogP contribution in [-0.2, 0) is 18.3 Å². The van der Waals surface area contributed by atoms with Gasteiger partial charge in [0.25, 0.3) is 6.43 Å². The highest BCUT2D eigenvalue weighted by Gasteiger charge is 2.21. The van der Waals surface area contributed by atoms with Crippen LogP contribution in [0.4, 0.5) is 8.78 Å². The van der Waals surface area contributed by atoms with Crippen LogP contribution >= 0.6 is 23.2 Å². The third kappa shape index (κ3) is 8.10. The van der Waals surface area contributed by atoms with E-state index in [1.165, 1.54) is 7.05 Å². The van der Waals surface area contributed by atoms with Crippen LogP contribution in [0.25, 0.3) is 5.48 Å². The first-order valence-corrected chi connectivity index (χ1v) is 9.11. The number of halogens is 4. The molecule has 0 aliphatic heterocycles. The number of carbonyl (C=O) groups is 1. The maximum Gasteiger partial charge on any atom is 0.339 e. The fourth-order valence-corrected chi connectivity index (χ4v) is 2.59. The van der Waals surface area contributed by atoms with Gasteiger partial charge in [-0.25, -0.2) is 13.6 Å². The average Bonchev–Trinajstić information content (AvgIpc) is 2.99. The Morgan fingerprint density at radius 2 is 1.96 bits per heavy atom. The Kier molecular flexibility index (Phi) is 9.81. The zero-order valence-corrected chi connectivity index (χ0v) is 17.4. The van der Waals surface area contributed by atoms with Gasteiger partial charge in [0.2, 0.25) is 0 Å². The molecule has 0 bridgehead atoms. The van der Waals surface area contributed by atoms with Gasteiger partial charge in [0.1, 0.15) is 11.3 Å². The molecule has 28 heavy (non-hydrogen) atoms. The third-order valence-electron chi connectivity index (χ3n) is 3.28. The third-order valence-corrected chi connectivity index (χ3v) is 3.86. The van der Waals surface area contributed by atoms with Crippen molar-refractivity contribution in [3.05, 3.63) is 56.7 Å². The average molecular weight is 437 g/mol. The summed E-state index contributed by atoms with van der Waals surface area (Å²) in [5.74, 6) is -1.39. The topological polar surface area (TPSA) is 78.5 Å². The predicted molar refractivity (Wildman–Crippen MR) is 104 cm³/mol. The van der Waals surface area contributed by atoms with Gasteiger partial charge in [-0.1, -0.05) is 36.2 Å². The van der Waals surface area contributed by atoms with Crippen LogP contribution in [0.1, 0.15) is 48.8 Å². The molecule has 0 fully saturated rings. The van der Waals surface area contributed by atoms with Crippen molar-refractivity contribution in [3.8, 4) is 0 Å². The molecule has 0 saturated carbocycles. The molecule has 0 aliphatic carbocycles. The second kappa shape index (κ2) is 11.3. The lowest BCUT2D eigenvalue weighted by atomic mass is 10.1. The lowest BCUT2D eigenvalue weighted by molar-refractivity contribution is 0.0684. The van der Waals surface area contributed by atoms with Gasteiger partial charge in [-0.3, -0.25) is 4.68 Å². The number of benzene rings is 1. The Balaban J connectivity index is 0.000000292. The summed E-state index contributed by atoms with van der Waals surface area (Å²) in [7, 11) is 1.39. The van der Waals surface area contributed by atoms with E-state index in [0.717, 1.165) is 22.9 Å². The molecule has 2 aromatic rings. The van der Waals surface area contributed by atoms with Crippen molar-refractivity contribution in [2.75, 3.05) is 0 Å². The van der Waals surface area contributed by atoms with Crippen LogP contribution in [0, 0.1) is 0 Å². The van der Waals surface area contributed by atoms with Crippen molar-refractivity contribution >= 4 is 29.2 Å². The van der Waals surface area contributed by atoms with E-state index in [1.54, 1.807) is 6.07 Å². The SMILES string of the molecule is CC(Cc1ccc(Cl)cc1Cl)[N-]OC(C)C.Cn1cc(C(=O)O)c(C(F)F)n1. The Morgan fingerprint density at radius 1 is 1.32 bits per heavy atom. The molecule has 1 unspecified atom stereocenters. The summed E-state index contributed by atoms with van der Waals surface area (Å²) in [6.45, 7) is 5.89. The lowest BCUT2D eigenvalue weighted by Crippen LogP contribution is -2.10. The van der Waals surface area contributed by atoms with E-state index >= 15 is 0 Å². The van der Waals surface area contributed by atoms with Crippen molar-refractivity contribution in [2.24, 2.45) is 7.05 Å². The van der Waals surface area contributed by atoms with Crippen LogP contribution in [0.3, 0.4) is 0 Å². The first-order valence-electron chi connectivity index (χ1n) is 8.36. The molecule has 1 heterocycles. The number of alkyl halides is 2. The Morgan fingerprint density at radius 3 is 2.43 bits per heavy atom. The molecule has 1 aromatic carbocycles. The summed E-state index contributed by atoms with van der Waals surface area (Å²) in [5.41, 5.74) is 3.99. The summed E-state index contributed by atoms with van der Waals surface area (Å²) in [6.07, 6.45) is -0.938. The van der Waals surface area contributed by atoms with Gasteiger partial charge in [0.15, 0.2) is 0 Å². The van der Waals surface area contributed by atoms with E-state index in [2.05, 4.69) is 10.6 Å². The van der Waals surface area contributed by atoms with E-state index in [-0.39, 0.29) is 12.1 Å². The van der Waals surface area contributed by atoms with E-state index in [4.69, 9.17) is 33.1 Å². The van der Waals surface area contributed by atoms with E-state index in [1.807, 2.05) is 32.9 Å². The number of hydrogen-bond acceptors (Lipinski definition) is 3. The molecule has 156 valence electrons. The number of aromatic carboxylic acids is 1. The lowest BCUT2D eigenvalue weighted by Gasteiger charge is -2.31. The summed E-state index contributed by atoms with van der Waals surface area (Å²) in [4.78, 5) is 15.5. The molecule has 1 aromatic heterocycles. The predicted octanol–water partition coefficient (Wildman–Crippen LogP) is 5.69. The van der Waals surface area contributed by atoms with E-state index in [0.29, 0.717) is 10.0 Å². The minimum Gasteiger partial charge on any atom is -0.531 e. The summed E-state index contributed by atoms with van der Waals surface area (Å²) < 4.78 is 25.2. The van der Waals surface area contributed by atoms with E-state index in [9.17, 15) is 13.6 Å².